The van der Waals surface area contributed by atoms with Crippen LogP contribution < -0.4 is 5.56 Å². The summed E-state index contributed by atoms with van der Waals surface area (Å²) in [5, 5.41) is 3.16. The van der Waals surface area contributed by atoms with Gasteiger partial charge in [-0.25, -0.2) is 9.78 Å². The molecule has 1 aromatic carbocycles. The van der Waals surface area contributed by atoms with Crippen LogP contribution in [0.2, 0.25) is 0 Å². The number of nitrogens with zero attached hydrogens (tertiary/aromatic N) is 2. The summed E-state index contributed by atoms with van der Waals surface area (Å²) in [6.45, 7) is 6.16. The van der Waals surface area contributed by atoms with Gasteiger partial charge in [-0.1, -0.05) is 48.2 Å². The van der Waals surface area contributed by atoms with Crippen LogP contribution in [0.3, 0.4) is 0 Å². The van der Waals surface area contributed by atoms with Crippen molar-refractivity contribution in [1.29, 1.82) is 0 Å². The number of allylic oxidation sites excluding steroid dienone is 1. The fourth-order valence-electron chi connectivity index (χ4n) is 3.14. The van der Waals surface area contributed by atoms with Gasteiger partial charge in [0, 0.05) is 17.5 Å². The van der Waals surface area contributed by atoms with E-state index in [0.29, 0.717) is 33.4 Å². The highest BCUT2D eigenvalue weighted by Gasteiger charge is 2.18. The van der Waals surface area contributed by atoms with Crippen LogP contribution in [0.15, 0.2) is 74.9 Å². The van der Waals surface area contributed by atoms with Crippen molar-refractivity contribution in [2.24, 2.45) is 0 Å². The summed E-state index contributed by atoms with van der Waals surface area (Å²) >= 11 is 2.83. The number of benzene rings is 1. The van der Waals surface area contributed by atoms with Crippen molar-refractivity contribution in [3.63, 3.8) is 0 Å². The molecule has 0 aliphatic carbocycles. The van der Waals surface area contributed by atoms with E-state index in [2.05, 4.69) is 6.58 Å². The lowest BCUT2D eigenvalue weighted by atomic mass is 10.1. The van der Waals surface area contributed by atoms with Gasteiger partial charge in [-0.15, -0.1) is 17.9 Å². The summed E-state index contributed by atoms with van der Waals surface area (Å²) in [5.74, 6) is 0.693. The third-order valence-electron chi connectivity index (χ3n) is 4.54. The average Bonchev–Trinajstić information content (AvgIpc) is 3.43. The molecule has 0 aliphatic heterocycles. The first-order valence-corrected chi connectivity index (χ1v) is 11.6. The van der Waals surface area contributed by atoms with Crippen molar-refractivity contribution in [1.82, 2.24) is 9.55 Å². The van der Waals surface area contributed by atoms with Crippen LogP contribution in [0.5, 0.6) is 0 Å². The van der Waals surface area contributed by atoms with Gasteiger partial charge < -0.3 is 9.15 Å². The number of thioether (sulfide) groups is 1. The van der Waals surface area contributed by atoms with Crippen molar-refractivity contribution < 1.29 is 13.9 Å². The Morgan fingerprint density at radius 3 is 2.84 bits per heavy atom. The van der Waals surface area contributed by atoms with Gasteiger partial charge in [-0.3, -0.25) is 9.36 Å². The fourth-order valence-corrected chi connectivity index (χ4v) is 5.03. The lowest BCUT2D eigenvalue weighted by Gasteiger charge is -2.10. The van der Waals surface area contributed by atoms with Crippen LogP contribution in [0.25, 0.3) is 21.3 Å². The van der Waals surface area contributed by atoms with Crippen LogP contribution in [-0.4, -0.2) is 22.1 Å². The molecule has 4 aromatic rings. The molecule has 6 nitrogen and oxygen atoms in total. The first-order chi connectivity index (χ1) is 15.1. The molecule has 0 atom stereocenters. The van der Waals surface area contributed by atoms with Gasteiger partial charge in [-0.05, 0) is 24.6 Å². The number of furan rings is 1. The summed E-state index contributed by atoms with van der Waals surface area (Å²) in [6.07, 6.45) is 1.68. The van der Waals surface area contributed by atoms with Crippen LogP contribution in [0, 0.1) is 0 Å². The van der Waals surface area contributed by atoms with E-state index in [4.69, 9.17) is 14.1 Å². The highest BCUT2D eigenvalue weighted by molar-refractivity contribution is 7.98. The first-order valence-electron chi connectivity index (χ1n) is 9.69. The molecule has 8 heteroatoms. The molecule has 0 amide bonds. The summed E-state index contributed by atoms with van der Waals surface area (Å²) < 4.78 is 12.1. The van der Waals surface area contributed by atoms with Gasteiger partial charge in [0.05, 0.1) is 17.7 Å². The monoisotopic (exact) mass is 452 g/mol. The maximum Gasteiger partial charge on any atom is 0.374 e. The Morgan fingerprint density at radius 1 is 1.29 bits per heavy atom. The molecule has 0 bridgehead atoms. The predicted molar refractivity (Wildman–Crippen MR) is 124 cm³/mol. The minimum absolute atomic E-state index is 0.0980. The van der Waals surface area contributed by atoms with Crippen molar-refractivity contribution in [2.75, 3.05) is 6.61 Å². The molecule has 0 radical (unpaired) electrons. The number of aromatic nitrogens is 2. The van der Waals surface area contributed by atoms with Gasteiger partial charge >= 0.3 is 5.97 Å². The van der Waals surface area contributed by atoms with Gasteiger partial charge in [0.2, 0.25) is 5.76 Å². The lowest BCUT2D eigenvalue weighted by Crippen LogP contribution is -2.22. The number of fused-ring (bicyclic) bond motifs is 1. The molecule has 31 heavy (non-hydrogen) atoms. The number of thiophene rings is 1. The topological polar surface area (TPSA) is 74.3 Å². The largest absolute Gasteiger partial charge is 0.460 e. The summed E-state index contributed by atoms with van der Waals surface area (Å²) in [4.78, 5) is 30.6. The number of rotatable bonds is 8. The van der Waals surface area contributed by atoms with Gasteiger partial charge in [0.1, 0.15) is 10.6 Å². The van der Waals surface area contributed by atoms with E-state index in [9.17, 15) is 9.59 Å². The van der Waals surface area contributed by atoms with E-state index < -0.39 is 5.97 Å². The maximum absolute atomic E-state index is 13.4. The van der Waals surface area contributed by atoms with Gasteiger partial charge in [0.25, 0.3) is 5.56 Å². The Hall–Kier alpha value is -3.10. The molecule has 3 aromatic heterocycles. The van der Waals surface area contributed by atoms with Crippen LogP contribution in [-0.2, 0) is 17.0 Å². The zero-order valence-corrected chi connectivity index (χ0v) is 18.5. The smallest absolute Gasteiger partial charge is 0.374 e. The highest BCUT2D eigenvalue weighted by Crippen LogP contribution is 2.32. The molecule has 0 saturated carbocycles. The molecule has 0 N–H and O–H groups in total. The molecule has 0 fully saturated rings. The molecule has 3 heterocycles. The molecule has 4 rings (SSSR count). The van der Waals surface area contributed by atoms with Crippen molar-refractivity contribution >= 4 is 39.3 Å². The molecule has 0 spiro atoms. The number of esters is 1. The third-order valence-corrected chi connectivity index (χ3v) is 6.41. The Bertz CT molecular complexity index is 1290. The molecule has 0 aliphatic rings. The van der Waals surface area contributed by atoms with Gasteiger partial charge in [0.15, 0.2) is 5.16 Å². The van der Waals surface area contributed by atoms with Crippen LogP contribution >= 0.6 is 23.1 Å². The zero-order valence-electron chi connectivity index (χ0n) is 16.9. The van der Waals surface area contributed by atoms with Crippen molar-refractivity contribution in [2.45, 2.75) is 24.4 Å². The Labute approximate surface area is 187 Å². The number of carbonyl (C=O) groups excluding carboxylic acids is 1. The quantitative estimate of drug-likeness (QED) is 0.155. The van der Waals surface area contributed by atoms with Crippen molar-refractivity contribution in [3.05, 3.63) is 82.4 Å². The Balaban J connectivity index is 1.67. The van der Waals surface area contributed by atoms with E-state index in [1.165, 1.54) is 23.1 Å². The minimum atomic E-state index is -0.492. The molecule has 0 saturated heterocycles. The number of ether oxygens (including phenoxy) is 1. The van der Waals surface area contributed by atoms with Crippen LogP contribution in [0.4, 0.5) is 0 Å². The standard InChI is InChI=1S/C23H20N2O4S2/c1-3-12-25-21(26)19-17(15-8-6-5-7-9-15)14-30-20(19)24-23(25)31-13-16-10-11-18(29-16)22(27)28-4-2/h3,5-11,14H,1,4,12-13H2,2H3. The van der Waals surface area contributed by atoms with E-state index in [0.717, 1.165) is 11.1 Å². The molecular weight excluding hydrogens is 432 g/mol. The van der Waals surface area contributed by atoms with E-state index in [1.807, 2.05) is 35.7 Å². The molecular formula is C23H20N2O4S2. The Morgan fingerprint density at radius 2 is 2.10 bits per heavy atom. The second-order valence-corrected chi connectivity index (χ2v) is 8.37. The average molecular weight is 453 g/mol. The molecule has 0 unspecified atom stereocenters. The van der Waals surface area contributed by atoms with E-state index in [-0.39, 0.29) is 17.9 Å². The minimum Gasteiger partial charge on any atom is -0.460 e. The number of carbonyl (C=O) groups is 1. The summed E-state index contributed by atoms with van der Waals surface area (Å²) in [6, 6.07) is 13.1. The predicted octanol–water partition coefficient (Wildman–Crippen LogP) is 5.37. The first kappa shape index (κ1) is 21.1. The zero-order chi connectivity index (χ0) is 21.8. The second-order valence-electron chi connectivity index (χ2n) is 6.57. The third kappa shape index (κ3) is 4.35. The summed E-state index contributed by atoms with van der Waals surface area (Å²) in [5.41, 5.74) is 1.78. The van der Waals surface area contributed by atoms with E-state index >= 15 is 0 Å². The number of hydrogen-bond donors (Lipinski definition) is 0. The highest BCUT2D eigenvalue weighted by atomic mass is 32.2. The Kier molecular flexibility index (Phi) is 6.39. The normalized spacial score (nSPS) is 11.0. The fraction of sp³-hybridized carbons (Fsp3) is 0.174. The van der Waals surface area contributed by atoms with Crippen LogP contribution in [0.1, 0.15) is 23.2 Å². The maximum atomic E-state index is 13.4. The SMILES string of the molecule is C=CCn1c(SCc2ccc(C(=O)OCC)o2)nc2scc(-c3ccccc3)c2c1=O. The lowest BCUT2D eigenvalue weighted by molar-refractivity contribution is 0.0488. The summed E-state index contributed by atoms with van der Waals surface area (Å²) in [7, 11) is 0. The van der Waals surface area contributed by atoms with Crippen molar-refractivity contribution in [3.8, 4) is 11.1 Å². The van der Waals surface area contributed by atoms with Gasteiger partial charge in [-0.2, -0.15) is 0 Å². The second kappa shape index (κ2) is 9.36. The van der Waals surface area contributed by atoms with E-state index in [1.54, 1.807) is 29.7 Å². The molecule has 158 valence electrons. The number of hydrogen-bond acceptors (Lipinski definition) is 7.